The van der Waals surface area contributed by atoms with Gasteiger partial charge in [-0.05, 0) is 24.1 Å². The Morgan fingerprint density at radius 1 is 1.35 bits per heavy atom. The molecule has 1 aromatic carbocycles. The van der Waals surface area contributed by atoms with Crippen molar-refractivity contribution in [2.24, 2.45) is 5.92 Å². The van der Waals surface area contributed by atoms with E-state index in [9.17, 15) is 4.79 Å². The molecule has 0 N–H and O–H groups in total. The number of anilines is 1. The van der Waals surface area contributed by atoms with E-state index in [0.717, 1.165) is 12.2 Å². The molecule has 2 aromatic rings. The van der Waals surface area contributed by atoms with Crippen molar-refractivity contribution >= 4 is 23.2 Å². The minimum absolute atomic E-state index is 0.00566. The number of amides is 1. The first-order valence-electron chi connectivity index (χ1n) is 9.10. The summed E-state index contributed by atoms with van der Waals surface area (Å²) in [6, 6.07) is 5.26. The number of halogens is 1. The van der Waals surface area contributed by atoms with Gasteiger partial charge in [0, 0.05) is 24.4 Å². The summed E-state index contributed by atoms with van der Waals surface area (Å²) < 4.78 is 10.9. The Labute approximate surface area is 157 Å². The van der Waals surface area contributed by atoms with Crippen molar-refractivity contribution in [1.29, 1.82) is 0 Å². The molecule has 4 rings (SSSR count). The molecule has 2 aliphatic rings. The Kier molecular flexibility index (Phi) is 4.85. The van der Waals surface area contributed by atoms with E-state index in [1.807, 2.05) is 0 Å². The smallest absolute Gasteiger partial charge is 0.232 e. The predicted octanol–water partition coefficient (Wildman–Crippen LogP) is 3.98. The van der Waals surface area contributed by atoms with Crippen LogP contribution in [0, 0.1) is 5.92 Å². The summed E-state index contributed by atoms with van der Waals surface area (Å²) in [7, 11) is 1.58. The molecular formula is C19H22ClN3O3. The molecule has 1 aliphatic carbocycles. The molecule has 1 aromatic heterocycles. The highest BCUT2D eigenvalue weighted by molar-refractivity contribution is 6.31. The monoisotopic (exact) mass is 375 g/mol. The van der Waals surface area contributed by atoms with Crippen LogP contribution in [0.3, 0.4) is 0 Å². The van der Waals surface area contributed by atoms with Gasteiger partial charge in [0.15, 0.2) is 5.82 Å². The van der Waals surface area contributed by atoms with Gasteiger partial charge in [0.1, 0.15) is 5.75 Å². The van der Waals surface area contributed by atoms with Gasteiger partial charge in [0.25, 0.3) is 0 Å². The number of carbonyl (C=O) groups excluding carboxylic acids is 1. The normalized spacial score (nSPS) is 20.9. The molecule has 7 heteroatoms. The van der Waals surface area contributed by atoms with Crippen molar-refractivity contribution in [2.75, 3.05) is 18.6 Å². The van der Waals surface area contributed by atoms with E-state index in [-0.39, 0.29) is 11.8 Å². The molecule has 1 saturated heterocycles. The topological polar surface area (TPSA) is 68.5 Å². The highest BCUT2D eigenvalue weighted by Crippen LogP contribution is 2.37. The number of hydrogen-bond acceptors (Lipinski definition) is 5. The molecule has 26 heavy (non-hydrogen) atoms. The highest BCUT2D eigenvalue weighted by Gasteiger charge is 2.36. The first-order chi connectivity index (χ1) is 12.6. The van der Waals surface area contributed by atoms with Crippen LogP contribution in [-0.2, 0) is 11.2 Å². The highest BCUT2D eigenvalue weighted by atomic mass is 35.5. The average Bonchev–Trinajstić information content (AvgIpc) is 3.36. The summed E-state index contributed by atoms with van der Waals surface area (Å²) in [5.41, 5.74) is 0.679. The lowest BCUT2D eigenvalue weighted by Crippen LogP contribution is -2.24. The van der Waals surface area contributed by atoms with Gasteiger partial charge in [-0.2, -0.15) is 4.98 Å². The van der Waals surface area contributed by atoms with Crippen LogP contribution in [0.5, 0.6) is 5.75 Å². The van der Waals surface area contributed by atoms with Crippen LogP contribution in [-0.4, -0.2) is 29.7 Å². The van der Waals surface area contributed by atoms with Crippen molar-refractivity contribution in [1.82, 2.24) is 10.1 Å². The zero-order valence-electron chi connectivity index (χ0n) is 14.8. The fourth-order valence-electron chi connectivity index (χ4n) is 3.97. The third-order valence-corrected chi connectivity index (χ3v) is 5.57. The van der Waals surface area contributed by atoms with Crippen molar-refractivity contribution in [3.8, 4) is 5.75 Å². The zero-order chi connectivity index (χ0) is 18.1. The van der Waals surface area contributed by atoms with Crippen molar-refractivity contribution < 1.29 is 14.1 Å². The second kappa shape index (κ2) is 7.27. The summed E-state index contributed by atoms with van der Waals surface area (Å²) in [5.74, 6) is 2.50. The van der Waals surface area contributed by atoms with Crippen molar-refractivity contribution in [3.63, 3.8) is 0 Å². The molecule has 1 aliphatic heterocycles. The van der Waals surface area contributed by atoms with Gasteiger partial charge >= 0.3 is 0 Å². The van der Waals surface area contributed by atoms with Crippen LogP contribution in [0.15, 0.2) is 22.7 Å². The Bertz CT molecular complexity index is 801. The van der Waals surface area contributed by atoms with E-state index in [4.69, 9.17) is 20.9 Å². The minimum atomic E-state index is -0.101. The molecule has 1 saturated carbocycles. The summed E-state index contributed by atoms with van der Waals surface area (Å²) in [5, 5.41) is 4.70. The maximum Gasteiger partial charge on any atom is 0.232 e. The number of aromatic nitrogens is 2. The fourth-order valence-corrected chi connectivity index (χ4v) is 4.14. The lowest BCUT2D eigenvalue weighted by Gasteiger charge is -2.19. The molecule has 6 nitrogen and oxygen atoms in total. The lowest BCUT2D eigenvalue weighted by molar-refractivity contribution is -0.117. The van der Waals surface area contributed by atoms with Crippen LogP contribution >= 0.6 is 11.6 Å². The summed E-state index contributed by atoms with van der Waals surface area (Å²) in [6.45, 7) is 0.487. The molecule has 2 heterocycles. The van der Waals surface area contributed by atoms with Crippen LogP contribution in [0.4, 0.5) is 5.69 Å². The molecule has 1 unspecified atom stereocenters. The molecule has 2 fully saturated rings. The van der Waals surface area contributed by atoms with Gasteiger partial charge in [-0.25, -0.2) is 0 Å². The van der Waals surface area contributed by atoms with Gasteiger partial charge in [0.05, 0.1) is 18.7 Å². The van der Waals surface area contributed by atoms with Crippen molar-refractivity contribution in [2.45, 2.75) is 44.4 Å². The Hall–Kier alpha value is -2.08. The van der Waals surface area contributed by atoms with Crippen LogP contribution in [0.25, 0.3) is 0 Å². The second-order valence-electron chi connectivity index (χ2n) is 7.13. The minimum Gasteiger partial charge on any atom is -0.495 e. The number of hydrogen-bond donors (Lipinski definition) is 0. The average molecular weight is 376 g/mol. The first-order valence-corrected chi connectivity index (χ1v) is 9.48. The molecule has 0 bridgehead atoms. The van der Waals surface area contributed by atoms with Crippen LogP contribution in [0.2, 0.25) is 5.02 Å². The molecule has 138 valence electrons. The number of methoxy groups -OCH3 is 1. The maximum absolute atomic E-state index is 12.6. The van der Waals surface area contributed by atoms with E-state index in [2.05, 4.69) is 10.1 Å². The number of carbonyl (C=O) groups is 1. The Morgan fingerprint density at radius 3 is 2.92 bits per heavy atom. The van der Waals surface area contributed by atoms with Crippen LogP contribution in [0.1, 0.15) is 49.7 Å². The van der Waals surface area contributed by atoms with Gasteiger partial charge in [0.2, 0.25) is 11.8 Å². The third-order valence-electron chi connectivity index (χ3n) is 5.34. The van der Waals surface area contributed by atoms with E-state index >= 15 is 0 Å². The van der Waals surface area contributed by atoms with E-state index in [1.54, 1.807) is 30.2 Å². The molecular weight excluding hydrogens is 354 g/mol. The largest absolute Gasteiger partial charge is 0.495 e. The predicted molar refractivity (Wildman–Crippen MR) is 97.7 cm³/mol. The fraction of sp³-hybridized carbons (Fsp3) is 0.526. The number of rotatable bonds is 5. The SMILES string of the molecule is COc1ccc(Cl)cc1N1CC(c2nc(CC3CCCC3)no2)CC1=O. The molecule has 1 amide bonds. The standard InChI is InChI=1S/C19H22ClN3O3/c1-25-16-7-6-14(20)10-15(16)23-11-13(9-18(23)24)19-21-17(22-26-19)8-12-4-2-3-5-12/h6-7,10,12-13H,2-5,8-9,11H2,1H3. The third kappa shape index (κ3) is 3.43. The summed E-state index contributed by atoms with van der Waals surface area (Å²) in [4.78, 5) is 18.8. The molecule has 1 atom stereocenters. The quantitative estimate of drug-likeness (QED) is 0.790. The molecule has 0 spiro atoms. The zero-order valence-corrected chi connectivity index (χ0v) is 15.5. The lowest BCUT2D eigenvalue weighted by atomic mass is 10.0. The Morgan fingerprint density at radius 2 is 2.15 bits per heavy atom. The van der Waals surface area contributed by atoms with E-state index < -0.39 is 0 Å². The first kappa shape index (κ1) is 17.3. The number of nitrogens with zero attached hydrogens (tertiary/aromatic N) is 3. The van der Waals surface area contributed by atoms with Crippen molar-refractivity contribution in [3.05, 3.63) is 34.9 Å². The summed E-state index contributed by atoms with van der Waals surface area (Å²) >= 11 is 6.10. The number of ether oxygens (including phenoxy) is 1. The number of benzene rings is 1. The van der Waals surface area contributed by atoms with Gasteiger partial charge in [-0.15, -0.1) is 0 Å². The second-order valence-corrected chi connectivity index (χ2v) is 7.56. The van der Waals surface area contributed by atoms with Gasteiger partial charge in [-0.1, -0.05) is 42.4 Å². The Balaban J connectivity index is 1.49. The van der Waals surface area contributed by atoms with Crippen LogP contribution < -0.4 is 9.64 Å². The van der Waals surface area contributed by atoms with E-state index in [1.165, 1.54) is 25.7 Å². The van der Waals surface area contributed by atoms with Gasteiger partial charge in [-0.3, -0.25) is 4.79 Å². The van der Waals surface area contributed by atoms with E-state index in [0.29, 0.717) is 41.2 Å². The van der Waals surface area contributed by atoms with Gasteiger partial charge < -0.3 is 14.2 Å². The summed E-state index contributed by atoms with van der Waals surface area (Å²) in [6.07, 6.45) is 6.30. The maximum atomic E-state index is 12.6. The molecule has 0 radical (unpaired) electrons.